The Morgan fingerprint density at radius 1 is 1.39 bits per heavy atom. The van der Waals surface area contributed by atoms with E-state index in [1.165, 1.54) is 34.6 Å². The number of fused-ring (bicyclic) bond motifs is 1. The van der Waals surface area contributed by atoms with Gasteiger partial charge in [-0.2, -0.15) is 0 Å². The zero-order chi connectivity index (χ0) is 13.0. The first-order chi connectivity index (χ1) is 8.61. The molecule has 1 aromatic carbocycles. The number of nitrogens with one attached hydrogen (secondary N) is 1. The molecule has 1 aliphatic heterocycles. The summed E-state index contributed by atoms with van der Waals surface area (Å²) in [7, 11) is 0. The van der Waals surface area contributed by atoms with Gasteiger partial charge in [0.25, 0.3) is 0 Å². The third-order valence-corrected chi connectivity index (χ3v) is 4.66. The van der Waals surface area contributed by atoms with Gasteiger partial charge in [-0.1, -0.05) is 26.0 Å². The lowest BCUT2D eigenvalue weighted by Crippen LogP contribution is -2.35. The van der Waals surface area contributed by atoms with Crippen LogP contribution in [0, 0.1) is 5.41 Å². The molecule has 0 bridgehead atoms. The second-order valence-electron chi connectivity index (χ2n) is 5.87. The van der Waals surface area contributed by atoms with Crippen molar-refractivity contribution in [2.75, 3.05) is 18.8 Å². The first-order valence-corrected chi connectivity index (χ1v) is 7.75. The van der Waals surface area contributed by atoms with Crippen LogP contribution in [-0.4, -0.2) is 18.8 Å². The van der Waals surface area contributed by atoms with Crippen LogP contribution in [0.1, 0.15) is 31.4 Å². The Bertz CT molecular complexity index is 401. The van der Waals surface area contributed by atoms with Crippen LogP contribution < -0.4 is 11.1 Å². The molecule has 0 saturated heterocycles. The van der Waals surface area contributed by atoms with Crippen LogP contribution in [-0.2, 0) is 13.0 Å². The van der Waals surface area contributed by atoms with Gasteiger partial charge in [-0.25, -0.2) is 0 Å². The molecule has 1 heterocycles. The summed E-state index contributed by atoms with van der Waals surface area (Å²) in [5, 5.41) is 3.51. The molecular weight excluding hydrogens is 240 g/mol. The molecule has 3 heteroatoms. The highest BCUT2D eigenvalue weighted by Crippen LogP contribution is 2.30. The van der Waals surface area contributed by atoms with Crippen molar-refractivity contribution in [3.05, 3.63) is 29.3 Å². The molecule has 0 radical (unpaired) electrons. The summed E-state index contributed by atoms with van der Waals surface area (Å²) in [6, 6.07) is 6.90. The molecule has 2 rings (SSSR count). The van der Waals surface area contributed by atoms with Crippen molar-refractivity contribution < 1.29 is 0 Å². The fourth-order valence-corrected chi connectivity index (χ4v) is 3.16. The van der Waals surface area contributed by atoms with Gasteiger partial charge in [0.2, 0.25) is 0 Å². The van der Waals surface area contributed by atoms with Crippen LogP contribution in [0.3, 0.4) is 0 Å². The van der Waals surface area contributed by atoms with Gasteiger partial charge in [-0.05, 0) is 47.7 Å². The van der Waals surface area contributed by atoms with Crippen LogP contribution in [0.25, 0.3) is 0 Å². The van der Waals surface area contributed by atoms with Crippen molar-refractivity contribution in [2.24, 2.45) is 11.1 Å². The number of aryl methyl sites for hydroxylation is 1. The molecule has 0 fully saturated rings. The smallest absolute Gasteiger partial charge is 0.0205 e. The largest absolute Gasteiger partial charge is 0.330 e. The van der Waals surface area contributed by atoms with Crippen molar-refractivity contribution >= 4 is 11.8 Å². The molecule has 0 atom stereocenters. The fraction of sp³-hybridized carbons (Fsp3) is 0.600. The number of thioether (sulfide) groups is 1. The normalized spacial score (nSPS) is 15.5. The highest BCUT2D eigenvalue weighted by atomic mass is 32.2. The molecule has 0 aliphatic carbocycles. The van der Waals surface area contributed by atoms with Crippen LogP contribution in [0.5, 0.6) is 0 Å². The van der Waals surface area contributed by atoms with Gasteiger partial charge in [-0.3, -0.25) is 0 Å². The number of rotatable bonds is 5. The quantitative estimate of drug-likeness (QED) is 0.859. The van der Waals surface area contributed by atoms with E-state index in [4.69, 9.17) is 5.73 Å². The summed E-state index contributed by atoms with van der Waals surface area (Å²) in [6.07, 6.45) is 2.55. The average Bonchev–Trinajstić information content (AvgIpc) is 2.38. The molecule has 0 spiro atoms. The zero-order valence-corrected chi connectivity index (χ0v) is 12.3. The minimum atomic E-state index is 0.185. The maximum absolute atomic E-state index is 5.73. The highest BCUT2D eigenvalue weighted by Gasteiger charge is 2.15. The molecule has 1 aliphatic rings. The predicted octanol–water partition coefficient (Wildman–Crippen LogP) is 2.80. The van der Waals surface area contributed by atoms with Crippen molar-refractivity contribution in [2.45, 2.75) is 38.1 Å². The minimum Gasteiger partial charge on any atom is -0.330 e. The molecule has 3 N–H and O–H groups in total. The predicted molar refractivity (Wildman–Crippen MR) is 80.0 cm³/mol. The average molecular weight is 264 g/mol. The molecule has 0 amide bonds. The number of nitrogens with two attached hydrogens (primary N) is 1. The second-order valence-corrected chi connectivity index (χ2v) is 7.00. The minimum absolute atomic E-state index is 0.185. The van der Waals surface area contributed by atoms with Crippen LogP contribution >= 0.6 is 11.8 Å². The van der Waals surface area contributed by atoms with Crippen LogP contribution in [0.2, 0.25) is 0 Å². The first kappa shape index (κ1) is 13.9. The maximum atomic E-state index is 5.73. The zero-order valence-electron chi connectivity index (χ0n) is 11.5. The van der Waals surface area contributed by atoms with Gasteiger partial charge < -0.3 is 11.1 Å². The molecule has 18 heavy (non-hydrogen) atoms. The summed E-state index contributed by atoms with van der Waals surface area (Å²) in [5.41, 5.74) is 8.84. The van der Waals surface area contributed by atoms with E-state index < -0.39 is 0 Å². The van der Waals surface area contributed by atoms with Gasteiger partial charge in [-0.15, -0.1) is 11.8 Å². The highest BCUT2D eigenvalue weighted by molar-refractivity contribution is 7.99. The SMILES string of the molecule is CC(C)(CN)CNCc1ccc2c(c1)CCCS2. The maximum Gasteiger partial charge on any atom is 0.0205 e. The Balaban J connectivity index is 1.90. The Labute approximate surface area is 115 Å². The summed E-state index contributed by atoms with van der Waals surface area (Å²) in [6.45, 7) is 7.03. The van der Waals surface area contributed by atoms with Gasteiger partial charge in [0, 0.05) is 18.0 Å². The third-order valence-electron chi connectivity index (χ3n) is 3.46. The van der Waals surface area contributed by atoms with Gasteiger partial charge in [0.05, 0.1) is 0 Å². The van der Waals surface area contributed by atoms with E-state index in [0.29, 0.717) is 0 Å². The van der Waals surface area contributed by atoms with Crippen molar-refractivity contribution in [3.8, 4) is 0 Å². The van der Waals surface area contributed by atoms with E-state index in [0.717, 1.165) is 19.6 Å². The standard InChI is InChI=1S/C15H24N2S/c1-15(2,10-16)11-17-9-12-5-6-14-13(8-12)4-3-7-18-14/h5-6,8,17H,3-4,7,9-11,16H2,1-2H3. The van der Waals surface area contributed by atoms with E-state index >= 15 is 0 Å². The Kier molecular flexibility index (Phi) is 4.71. The first-order valence-electron chi connectivity index (χ1n) is 6.76. The summed E-state index contributed by atoms with van der Waals surface area (Å²) in [5.74, 6) is 1.27. The summed E-state index contributed by atoms with van der Waals surface area (Å²) >= 11 is 1.99. The molecule has 2 nitrogen and oxygen atoms in total. The number of hydrogen-bond acceptors (Lipinski definition) is 3. The third kappa shape index (κ3) is 3.74. The number of hydrogen-bond donors (Lipinski definition) is 2. The van der Waals surface area contributed by atoms with E-state index in [2.05, 4.69) is 37.4 Å². The monoisotopic (exact) mass is 264 g/mol. The molecule has 0 aromatic heterocycles. The molecule has 0 saturated carbocycles. The second kappa shape index (κ2) is 6.09. The van der Waals surface area contributed by atoms with E-state index in [-0.39, 0.29) is 5.41 Å². The Hall–Kier alpha value is -0.510. The molecule has 0 unspecified atom stereocenters. The van der Waals surface area contributed by atoms with Crippen molar-refractivity contribution in [1.82, 2.24) is 5.32 Å². The number of benzene rings is 1. The molecule has 100 valence electrons. The van der Waals surface area contributed by atoms with Crippen molar-refractivity contribution in [1.29, 1.82) is 0 Å². The van der Waals surface area contributed by atoms with Gasteiger partial charge in [0.1, 0.15) is 0 Å². The lowest BCUT2D eigenvalue weighted by molar-refractivity contribution is 0.351. The summed E-state index contributed by atoms with van der Waals surface area (Å²) in [4.78, 5) is 1.48. The Morgan fingerprint density at radius 2 is 2.22 bits per heavy atom. The van der Waals surface area contributed by atoms with Crippen molar-refractivity contribution in [3.63, 3.8) is 0 Å². The summed E-state index contributed by atoms with van der Waals surface area (Å²) < 4.78 is 0. The molecule has 1 aromatic rings. The van der Waals surface area contributed by atoms with E-state index in [9.17, 15) is 0 Å². The topological polar surface area (TPSA) is 38.0 Å². The lowest BCUT2D eigenvalue weighted by Gasteiger charge is -2.23. The van der Waals surface area contributed by atoms with E-state index in [1.54, 1.807) is 0 Å². The van der Waals surface area contributed by atoms with Gasteiger partial charge >= 0.3 is 0 Å². The molecular formula is C15H24N2S. The van der Waals surface area contributed by atoms with Crippen LogP contribution in [0.15, 0.2) is 23.1 Å². The van der Waals surface area contributed by atoms with Gasteiger partial charge in [0.15, 0.2) is 0 Å². The lowest BCUT2D eigenvalue weighted by atomic mass is 9.94. The fourth-order valence-electron chi connectivity index (χ4n) is 2.14. The van der Waals surface area contributed by atoms with Crippen LogP contribution in [0.4, 0.5) is 0 Å². The Morgan fingerprint density at radius 3 is 3.00 bits per heavy atom. The van der Waals surface area contributed by atoms with E-state index in [1.807, 2.05) is 11.8 Å².